The van der Waals surface area contributed by atoms with Crippen molar-refractivity contribution in [3.63, 3.8) is 0 Å². The second-order valence-corrected chi connectivity index (χ2v) is 4.07. The molecule has 0 aliphatic heterocycles. The molecule has 0 aliphatic rings. The Kier molecular flexibility index (Phi) is 4.51. The molecular formula is C15H14FN3O. The highest BCUT2D eigenvalue weighted by Crippen LogP contribution is 2.21. The number of hydrogen-bond donors (Lipinski definition) is 1. The van der Waals surface area contributed by atoms with Gasteiger partial charge in [-0.25, -0.2) is 9.37 Å². The zero-order valence-corrected chi connectivity index (χ0v) is 11.1. The standard InChI is InChI=1S/C15H14FN3O/c1-2-20-15-14(4-3-7-18-15)19-10-11-5-6-13(16)12(8-11)9-17/h3-8,19H,2,10H2,1H3. The zero-order valence-electron chi connectivity index (χ0n) is 11.1. The van der Waals surface area contributed by atoms with Gasteiger partial charge < -0.3 is 10.1 Å². The molecule has 5 heteroatoms. The fourth-order valence-electron chi connectivity index (χ4n) is 1.74. The van der Waals surface area contributed by atoms with Gasteiger partial charge >= 0.3 is 0 Å². The number of nitrogens with zero attached hydrogens (tertiary/aromatic N) is 2. The lowest BCUT2D eigenvalue weighted by Gasteiger charge is -2.11. The van der Waals surface area contributed by atoms with Gasteiger partial charge in [-0.3, -0.25) is 0 Å². The number of nitrogens with one attached hydrogen (secondary N) is 1. The van der Waals surface area contributed by atoms with Crippen molar-refractivity contribution in [1.82, 2.24) is 4.98 Å². The summed E-state index contributed by atoms with van der Waals surface area (Å²) in [5.74, 6) is 0.0188. The van der Waals surface area contributed by atoms with Crippen molar-refractivity contribution in [1.29, 1.82) is 5.26 Å². The first kappa shape index (κ1) is 13.8. The van der Waals surface area contributed by atoms with Gasteiger partial charge in [0.1, 0.15) is 11.9 Å². The number of ether oxygens (including phenoxy) is 1. The van der Waals surface area contributed by atoms with Crippen molar-refractivity contribution in [2.75, 3.05) is 11.9 Å². The number of benzene rings is 1. The van der Waals surface area contributed by atoms with Crippen LogP contribution in [0.2, 0.25) is 0 Å². The molecule has 0 saturated heterocycles. The molecule has 1 aromatic carbocycles. The minimum Gasteiger partial charge on any atom is -0.476 e. The number of hydrogen-bond acceptors (Lipinski definition) is 4. The van der Waals surface area contributed by atoms with Crippen LogP contribution in [0.3, 0.4) is 0 Å². The fourth-order valence-corrected chi connectivity index (χ4v) is 1.74. The van der Waals surface area contributed by atoms with E-state index in [-0.39, 0.29) is 5.56 Å². The van der Waals surface area contributed by atoms with E-state index in [0.29, 0.717) is 19.0 Å². The molecule has 102 valence electrons. The normalized spacial score (nSPS) is 9.85. The molecule has 0 saturated carbocycles. The summed E-state index contributed by atoms with van der Waals surface area (Å²) in [6.07, 6.45) is 1.65. The van der Waals surface area contributed by atoms with Gasteiger partial charge in [0.2, 0.25) is 5.88 Å². The Labute approximate surface area is 116 Å². The van der Waals surface area contributed by atoms with Crippen molar-refractivity contribution in [2.45, 2.75) is 13.5 Å². The molecule has 0 aliphatic carbocycles. The predicted molar refractivity (Wildman–Crippen MR) is 73.8 cm³/mol. The van der Waals surface area contributed by atoms with Gasteiger partial charge in [-0.2, -0.15) is 5.26 Å². The lowest BCUT2D eigenvalue weighted by atomic mass is 10.1. The van der Waals surface area contributed by atoms with E-state index < -0.39 is 5.82 Å². The van der Waals surface area contributed by atoms with Crippen LogP contribution in [0.25, 0.3) is 0 Å². The summed E-state index contributed by atoms with van der Waals surface area (Å²) in [5.41, 5.74) is 1.62. The van der Waals surface area contributed by atoms with E-state index in [2.05, 4.69) is 10.3 Å². The van der Waals surface area contributed by atoms with Gasteiger partial charge in [0.05, 0.1) is 17.9 Å². The average molecular weight is 271 g/mol. The van der Waals surface area contributed by atoms with E-state index in [1.54, 1.807) is 18.3 Å². The van der Waals surface area contributed by atoms with Gasteiger partial charge in [0.15, 0.2) is 0 Å². The highest BCUT2D eigenvalue weighted by molar-refractivity contribution is 5.52. The summed E-state index contributed by atoms with van der Waals surface area (Å²) in [6.45, 7) is 2.87. The second-order valence-electron chi connectivity index (χ2n) is 4.07. The fraction of sp³-hybridized carbons (Fsp3) is 0.200. The number of rotatable bonds is 5. The Balaban J connectivity index is 2.11. The monoisotopic (exact) mass is 271 g/mol. The first-order valence-electron chi connectivity index (χ1n) is 6.24. The van der Waals surface area contributed by atoms with Crippen LogP contribution < -0.4 is 10.1 Å². The molecule has 1 aromatic heterocycles. The average Bonchev–Trinajstić information content (AvgIpc) is 2.48. The maximum atomic E-state index is 13.2. The maximum Gasteiger partial charge on any atom is 0.237 e. The van der Waals surface area contributed by atoms with Crippen molar-refractivity contribution < 1.29 is 9.13 Å². The van der Waals surface area contributed by atoms with E-state index in [1.165, 1.54) is 12.1 Å². The molecule has 1 N–H and O–H groups in total. The van der Waals surface area contributed by atoms with E-state index in [0.717, 1.165) is 11.3 Å². The molecule has 2 rings (SSSR count). The molecule has 4 nitrogen and oxygen atoms in total. The Bertz CT molecular complexity index is 637. The van der Waals surface area contributed by atoms with E-state index in [1.807, 2.05) is 19.1 Å². The van der Waals surface area contributed by atoms with Crippen molar-refractivity contribution >= 4 is 5.69 Å². The third-order valence-electron chi connectivity index (χ3n) is 2.69. The van der Waals surface area contributed by atoms with Crippen molar-refractivity contribution in [2.24, 2.45) is 0 Å². The van der Waals surface area contributed by atoms with Gasteiger partial charge in [0, 0.05) is 12.7 Å². The van der Waals surface area contributed by atoms with E-state index in [9.17, 15) is 4.39 Å². The van der Waals surface area contributed by atoms with Crippen LogP contribution in [-0.4, -0.2) is 11.6 Å². The van der Waals surface area contributed by atoms with Gasteiger partial charge in [-0.05, 0) is 36.8 Å². The summed E-state index contributed by atoms with van der Waals surface area (Å²) < 4.78 is 18.6. The van der Waals surface area contributed by atoms with Crippen LogP contribution >= 0.6 is 0 Å². The summed E-state index contributed by atoms with van der Waals surface area (Å²) in [7, 11) is 0. The minimum atomic E-state index is -0.507. The SMILES string of the molecule is CCOc1ncccc1NCc1ccc(F)c(C#N)c1. The Hall–Kier alpha value is -2.61. The Morgan fingerprint density at radius 2 is 2.25 bits per heavy atom. The topological polar surface area (TPSA) is 57.9 Å². The highest BCUT2D eigenvalue weighted by atomic mass is 19.1. The molecule has 0 amide bonds. The number of pyridine rings is 1. The van der Waals surface area contributed by atoms with E-state index >= 15 is 0 Å². The molecule has 1 heterocycles. The van der Waals surface area contributed by atoms with Crippen LogP contribution in [0, 0.1) is 17.1 Å². The molecule has 0 spiro atoms. The summed E-state index contributed by atoms with van der Waals surface area (Å²) in [6, 6.07) is 9.94. The number of halogens is 1. The molecule has 0 unspecified atom stereocenters. The Morgan fingerprint density at radius 3 is 3.00 bits per heavy atom. The minimum absolute atomic E-state index is 0.0421. The molecule has 0 radical (unpaired) electrons. The maximum absolute atomic E-state index is 13.2. The molecule has 20 heavy (non-hydrogen) atoms. The van der Waals surface area contributed by atoms with Crippen molar-refractivity contribution in [3.05, 3.63) is 53.5 Å². The van der Waals surface area contributed by atoms with Crippen LogP contribution in [-0.2, 0) is 6.54 Å². The molecule has 0 atom stereocenters. The van der Waals surface area contributed by atoms with Crippen molar-refractivity contribution in [3.8, 4) is 11.9 Å². The quantitative estimate of drug-likeness (QED) is 0.907. The highest BCUT2D eigenvalue weighted by Gasteiger charge is 2.05. The largest absolute Gasteiger partial charge is 0.476 e. The molecule has 0 bridgehead atoms. The lowest BCUT2D eigenvalue weighted by Crippen LogP contribution is -2.04. The molecule has 2 aromatic rings. The van der Waals surface area contributed by atoms with Crippen LogP contribution in [0.15, 0.2) is 36.5 Å². The lowest BCUT2D eigenvalue weighted by molar-refractivity contribution is 0.328. The predicted octanol–water partition coefficient (Wildman–Crippen LogP) is 3.10. The third-order valence-corrected chi connectivity index (χ3v) is 2.69. The van der Waals surface area contributed by atoms with Gasteiger partial charge in [-0.15, -0.1) is 0 Å². The summed E-state index contributed by atoms with van der Waals surface area (Å²) >= 11 is 0. The zero-order chi connectivity index (χ0) is 14.4. The third kappa shape index (κ3) is 3.23. The summed E-state index contributed by atoms with van der Waals surface area (Å²) in [5, 5.41) is 12.0. The first-order chi connectivity index (χ1) is 9.74. The Morgan fingerprint density at radius 1 is 1.40 bits per heavy atom. The van der Waals surface area contributed by atoms with Crippen LogP contribution in [0.1, 0.15) is 18.1 Å². The second kappa shape index (κ2) is 6.53. The summed E-state index contributed by atoms with van der Waals surface area (Å²) in [4.78, 5) is 4.13. The van der Waals surface area contributed by atoms with Gasteiger partial charge in [-0.1, -0.05) is 6.07 Å². The first-order valence-corrected chi connectivity index (χ1v) is 6.24. The molecule has 0 fully saturated rings. The van der Waals surface area contributed by atoms with E-state index in [4.69, 9.17) is 10.00 Å². The van der Waals surface area contributed by atoms with Crippen LogP contribution in [0.4, 0.5) is 10.1 Å². The molecular weight excluding hydrogens is 257 g/mol. The van der Waals surface area contributed by atoms with Gasteiger partial charge in [0.25, 0.3) is 0 Å². The van der Waals surface area contributed by atoms with Crippen LogP contribution in [0.5, 0.6) is 5.88 Å². The number of nitriles is 1. The smallest absolute Gasteiger partial charge is 0.237 e. The number of aromatic nitrogens is 1. The number of anilines is 1.